The van der Waals surface area contributed by atoms with Gasteiger partial charge in [-0.3, -0.25) is 9.52 Å². The Balaban J connectivity index is 1.48. The molecule has 0 radical (unpaired) electrons. The zero-order valence-electron chi connectivity index (χ0n) is 15.7. The Morgan fingerprint density at radius 3 is 2.33 bits per heavy atom. The number of aromatic nitrogens is 1. The summed E-state index contributed by atoms with van der Waals surface area (Å²) in [6, 6.07) is 16.0. The predicted octanol–water partition coefficient (Wildman–Crippen LogP) is 4.80. The molecule has 0 aliphatic carbocycles. The van der Waals surface area contributed by atoms with Crippen molar-refractivity contribution in [2.45, 2.75) is 11.8 Å². The number of hydrogen-bond donors (Lipinski definition) is 2. The summed E-state index contributed by atoms with van der Waals surface area (Å²) < 4.78 is 41.3. The van der Waals surface area contributed by atoms with Gasteiger partial charge in [0.05, 0.1) is 20.1 Å². The number of anilines is 2. The van der Waals surface area contributed by atoms with Gasteiger partial charge >= 0.3 is 0 Å². The number of nitrogens with zero attached hydrogens (tertiary/aromatic N) is 1. The molecule has 1 heterocycles. The molecule has 0 atom stereocenters. The second-order valence-electron chi connectivity index (χ2n) is 6.51. The van der Waals surface area contributed by atoms with Gasteiger partial charge in [-0.05, 0) is 73.7 Å². The molecule has 0 fully saturated rings. The number of carbonyl (C=O) groups is 1. The van der Waals surface area contributed by atoms with Gasteiger partial charge in [0.15, 0.2) is 0 Å². The molecule has 0 unspecified atom stereocenters. The molecule has 0 aliphatic rings. The molecule has 0 saturated heterocycles. The molecule has 4 rings (SSSR count). The lowest BCUT2D eigenvalue weighted by molar-refractivity contribution is 0.102. The van der Waals surface area contributed by atoms with Crippen LogP contribution in [0.5, 0.6) is 0 Å². The maximum Gasteiger partial charge on any atom is 0.261 e. The summed E-state index contributed by atoms with van der Waals surface area (Å²) in [6.45, 7) is 1.92. The van der Waals surface area contributed by atoms with Crippen LogP contribution < -0.4 is 10.0 Å². The summed E-state index contributed by atoms with van der Waals surface area (Å²) in [7, 11) is -3.86. The topological polar surface area (TPSA) is 88.2 Å². The molecule has 0 aliphatic heterocycles. The van der Waals surface area contributed by atoms with Crippen molar-refractivity contribution >= 4 is 48.9 Å². The van der Waals surface area contributed by atoms with E-state index < -0.39 is 15.8 Å². The SMILES string of the molecule is Cc1nc2ccc(NC(=O)c3ccc(S(=O)(=O)Nc4ccc(F)cc4)cc3)cc2s1. The van der Waals surface area contributed by atoms with Crippen LogP contribution in [0.3, 0.4) is 0 Å². The number of fused-ring (bicyclic) bond motifs is 1. The van der Waals surface area contributed by atoms with E-state index in [1.807, 2.05) is 19.1 Å². The fourth-order valence-electron chi connectivity index (χ4n) is 2.84. The van der Waals surface area contributed by atoms with E-state index in [-0.39, 0.29) is 16.5 Å². The van der Waals surface area contributed by atoms with Crippen molar-refractivity contribution in [3.8, 4) is 0 Å². The van der Waals surface area contributed by atoms with Gasteiger partial charge in [0.1, 0.15) is 5.82 Å². The number of rotatable bonds is 5. The van der Waals surface area contributed by atoms with Crippen molar-refractivity contribution in [2.24, 2.45) is 0 Å². The third-order valence-electron chi connectivity index (χ3n) is 4.28. The largest absolute Gasteiger partial charge is 0.322 e. The highest BCUT2D eigenvalue weighted by molar-refractivity contribution is 7.92. The molecule has 0 bridgehead atoms. The minimum Gasteiger partial charge on any atom is -0.322 e. The van der Waals surface area contributed by atoms with Gasteiger partial charge in [-0.25, -0.2) is 17.8 Å². The Morgan fingerprint density at radius 1 is 0.967 bits per heavy atom. The fourth-order valence-corrected chi connectivity index (χ4v) is 4.76. The number of sulfonamides is 1. The molecule has 3 aromatic carbocycles. The summed E-state index contributed by atoms with van der Waals surface area (Å²) in [5.41, 5.74) is 2.06. The quantitative estimate of drug-likeness (QED) is 0.466. The first-order valence-corrected chi connectivity index (χ1v) is 11.2. The van der Waals surface area contributed by atoms with Crippen molar-refractivity contribution in [1.82, 2.24) is 4.98 Å². The average molecular weight is 442 g/mol. The zero-order chi connectivity index (χ0) is 21.3. The second kappa shape index (κ2) is 7.85. The van der Waals surface area contributed by atoms with Gasteiger partial charge in [0, 0.05) is 16.9 Å². The first-order valence-electron chi connectivity index (χ1n) is 8.87. The van der Waals surface area contributed by atoms with Gasteiger partial charge in [-0.2, -0.15) is 0 Å². The van der Waals surface area contributed by atoms with E-state index >= 15 is 0 Å². The molecule has 152 valence electrons. The predicted molar refractivity (Wildman–Crippen MR) is 116 cm³/mol. The molecule has 6 nitrogen and oxygen atoms in total. The number of carbonyl (C=O) groups excluding carboxylic acids is 1. The monoisotopic (exact) mass is 441 g/mol. The minimum absolute atomic E-state index is 0.00932. The van der Waals surface area contributed by atoms with Crippen LogP contribution in [0.25, 0.3) is 10.2 Å². The van der Waals surface area contributed by atoms with Gasteiger partial charge in [-0.1, -0.05) is 0 Å². The van der Waals surface area contributed by atoms with Crippen molar-refractivity contribution < 1.29 is 17.6 Å². The molecule has 0 spiro atoms. The van der Waals surface area contributed by atoms with Crippen LogP contribution in [0.2, 0.25) is 0 Å². The van der Waals surface area contributed by atoms with Crippen LogP contribution in [0.4, 0.5) is 15.8 Å². The summed E-state index contributed by atoms with van der Waals surface area (Å²) in [5.74, 6) is -0.816. The minimum atomic E-state index is -3.86. The number of thiazole rings is 1. The normalized spacial score (nSPS) is 11.4. The Bertz CT molecular complexity index is 1330. The highest BCUT2D eigenvalue weighted by atomic mass is 32.2. The standard InChI is InChI=1S/C21H16FN3O3S2/c1-13-23-19-11-8-17(12-20(19)29-13)24-21(26)14-2-9-18(10-3-14)30(27,28)25-16-6-4-15(22)5-7-16/h2-12,25H,1H3,(H,24,26). The second-order valence-corrected chi connectivity index (χ2v) is 9.42. The molecule has 2 N–H and O–H groups in total. The number of halogens is 1. The van der Waals surface area contributed by atoms with Crippen molar-refractivity contribution in [3.05, 3.63) is 83.1 Å². The molecule has 1 amide bonds. The van der Waals surface area contributed by atoms with E-state index in [0.29, 0.717) is 11.3 Å². The van der Waals surface area contributed by atoms with Crippen LogP contribution in [-0.2, 0) is 10.0 Å². The van der Waals surface area contributed by atoms with E-state index in [1.165, 1.54) is 47.7 Å². The lowest BCUT2D eigenvalue weighted by atomic mass is 10.2. The first kappa shape index (κ1) is 20.0. The zero-order valence-corrected chi connectivity index (χ0v) is 17.4. The molecule has 9 heteroatoms. The van der Waals surface area contributed by atoms with Crippen LogP contribution in [-0.4, -0.2) is 19.3 Å². The molecular formula is C21H16FN3O3S2. The molecule has 30 heavy (non-hydrogen) atoms. The average Bonchev–Trinajstić information content (AvgIpc) is 3.09. The maximum atomic E-state index is 13.0. The van der Waals surface area contributed by atoms with Crippen LogP contribution >= 0.6 is 11.3 Å². The highest BCUT2D eigenvalue weighted by Gasteiger charge is 2.15. The highest BCUT2D eigenvalue weighted by Crippen LogP contribution is 2.25. The summed E-state index contributed by atoms with van der Waals surface area (Å²) in [5, 5.41) is 3.75. The first-order chi connectivity index (χ1) is 14.3. The number of nitrogens with one attached hydrogen (secondary N) is 2. The molecule has 4 aromatic rings. The van der Waals surface area contributed by atoms with E-state index in [2.05, 4.69) is 15.0 Å². The summed E-state index contributed by atoms with van der Waals surface area (Å²) in [4.78, 5) is 16.9. The van der Waals surface area contributed by atoms with Crippen molar-refractivity contribution in [1.29, 1.82) is 0 Å². The smallest absolute Gasteiger partial charge is 0.261 e. The lowest BCUT2D eigenvalue weighted by Crippen LogP contribution is -2.14. The van der Waals surface area contributed by atoms with E-state index in [9.17, 15) is 17.6 Å². The Hall–Kier alpha value is -3.30. The van der Waals surface area contributed by atoms with Crippen LogP contribution in [0, 0.1) is 12.7 Å². The van der Waals surface area contributed by atoms with Crippen LogP contribution in [0.15, 0.2) is 71.6 Å². The van der Waals surface area contributed by atoms with E-state index in [0.717, 1.165) is 27.4 Å². The number of benzene rings is 3. The van der Waals surface area contributed by atoms with E-state index in [4.69, 9.17) is 0 Å². The third kappa shape index (κ3) is 4.32. The fraction of sp³-hybridized carbons (Fsp3) is 0.0476. The van der Waals surface area contributed by atoms with Gasteiger partial charge in [-0.15, -0.1) is 11.3 Å². The number of aryl methyl sites for hydroxylation is 1. The molecule has 0 saturated carbocycles. The Kier molecular flexibility index (Phi) is 5.23. The molecule has 1 aromatic heterocycles. The third-order valence-corrected chi connectivity index (χ3v) is 6.61. The summed E-state index contributed by atoms with van der Waals surface area (Å²) >= 11 is 1.54. The summed E-state index contributed by atoms with van der Waals surface area (Å²) in [6.07, 6.45) is 0. The Morgan fingerprint density at radius 2 is 1.63 bits per heavy atom. The lowest BCUT2D eigenvalue weighted by Gasteiger charge is -2.09. The van der Waals surface area contributed by atoms with Gasteiger partial charge < -0.3 is 5.32 Å². The Labute approximate surface area is 176 Å². The number of amides is 1. The maximum absolute atomic E-state index is 13.0. The van der Waals surface area contributed by atoms with Crippen molar-refractivity contribution in [2.75, 3.05) is 10.0 Å². The van der Waals surface area contributed by atoms with Crippen molar-refractivity contribution in [3.63, 3.8) is 0 Å². The number of hydrogen-bond acceptors (Lipinski definition) is 5. The van der Waals surface area contributed by atoms with E-state index in [1.54, 1.807) is 6.07 Å². The van der Waals surface area contributed by atoms with Gasteiger partial charge in [0.25, 0.3) is 15.9 Å². The van der Waals surface area contributed by atoms with Crippen LogP contribution in [0.1, 0.15) is 15.4 Å². The van der Waals surface area contributed by atoms with Gasteiger partial charge in [0.2, 0.25) is 0 Å². The molecular weight excluding hydrogens is 425 g/mol.